The van der Waals surface area contributed by atoms with Crippen molar-refractivity contribution < 1.29 is 9.59 Å². The first-order chi connectivity index (χ1) is 14.0. The average molecular weight is 394 g/mol. The van der Waals surface area contributed by atoms with E-state index >= 15 is 0 Å². The fraction of sp³-hybridized carbons (Fsp3) is 0.417. The summed E-state index contributed by atoms with van der Waals surface area (Å²) < 4.78 is 0. The summed E-state index contributed by atoms with van der Waals surface area (Å²) in [5.41, 5.74) is 3.71. The largest absolute Gasteiger partial charge is 0.325 e. The number of carbonyl (C=O) groups is 2. The smallest absolute Gasteiger partial charge is 0.238 e. The van der Waals surface area contributed by atoms with Crippen molar-refractivity contribution in [3.8, 4) is 0 Å². The predicted molar refractivity (Wildman–Crippen MR) is 118 cm³/mol. The number of aryl methyl sites for hydroxylation is 2. The molecule has 1 aliphatic carbocycles. The highest BCUT2D eigenvalue weighted by Crippen LogP contribution is 2.23. The molecule has 0 bridgehead atoms. The van der Waals surface area contributed by atoms with Gasteiger partial charge in [0, 0.05) is 17.4 Å². The molecule has 2 N–H and O–H groups in total. The van der Waals surface area contributed by atoms with Gasteiger partial charge in [0.25, 0.3) is 0 Å². The van der Waals surface area contributed by atoms with Gasteiger partial charge in [-0.1, -0.05) is 55.7 Å². The van der Waals surface area contributed by atoms with Crippen molar-refractivity contribution in [2.24, 2.45) is 0 Å². The van der Waals surface area contributed by atoms with Crippen molar-refractivity contribution in [2.75, 3.05) is 23.7 Å². The Labute approximate surface area is 173 Å². The lowest BCUT2D eigenvalue weighted by molar-refractivity contribution is -0.121. The quantitative estimate of drug-likeness (QED) is 0.727. The van der Waals surface area contributed by atoms with E-state index in [0.717, 1.165) is 48.2 Å². The van der Waals surface area contributed by atoms with Crippen LogP contribution in [0.1, 0.15) is 43.2 Å². The van der Waals surface area contributed by atoms with Crippen LogP contribution in [-0.2, 0) is 9.59 Å². The van der Waals surface area contributed by atoms with Crippen molar-refractivity contribution in [3.63, 3.8) is 0 Å². The number of hydrogen-bond donors (Lipinski definition) is 2. The molecule has 0 saturated heterocycles. The van der Waals surface area contributed by atoms with E-state index in [0.29, 0.717) is 0 Å². The number of anilines is 2. The molecule has 2 amide bonds. The van der Waals surface area contributed by atoms with Crippen molar-refractivity contribution in [2.45, 2.75) is 52.0 Å². The van der Waals surface area contributed by atoms with E-state index in [2.05, 4.69) is 10.6 Å². The van der Waals surface area contributed by atoms with Crippen LogP contribution in [-0.4, -0.2) is 35.8 Å². The third-order valence-corrected chi connectivity index (χ3v) is 5.62. The minimum atomic E-state index is -0.0754. The van der Waals surface area contributed by atoms with E-state index in [9.17, 15) is 9.59 Å². The van der Waals surface area contributed by atoms with Crippen LogP contribution in [0.25, 0.3) is 0 Å². The topological polar surface area (TPSA) is 61.4 Å². The first-order valence-corrected chi connectivity index (χ1v) is 10.5. The maximum atomic E-state index is 12.7. The van der Waals surface area contributed by atoms with Crippen LogP contribution in [0.2, 0.25) is 0 Å². The number of rotatable bonds is 7. The minimum absolute atomic E-state index is 0.0754. The molecule has 2 aromatic carbocycles. The summed E-state index contributed by atoms with van der Waals surface area (Å²) in [6, 6.07) is 15.8. The number of carbonyl (C=O) groups excluding carboxylic acids is 2. The highest BCUT2D eigenvalue weighted by molar-refractivity contribution is 5.95. The Morgan fingerprint density at radius 3 is 1.69 bits per heavy atom. The van der Waals surface area contributed by atoms with Gasteiger partial charge in [0.05, 0.1) is 13.1 Å². The van der Waals surface area contributed by atoms with Crippen molar-refractivity contribution in [1.82, 2.24) is 4.90 Å². The molecule has 0 spiro atoms. The van der Waals surface area contributed by atoms with E-state index in [1.165, 1.54) is 6.42 Å². The third kappa shape index (κ3) is 6.16. The van der Waals surface area contributed by atoms with Gasteiger partial charge >= 0.3 is 0 Å². The fourth-order valence-corrected chi connectivity index (χ4v) is 3.93. The Bertz CT molecular complexity index is 782. The van der Waals surface area contributed by atoms with Crippen LogP contribution in [0, 0.1) is 13.8 Å². The standard InChI is InChI=1S/C24H31N3O2/c1-18-10-6-8-14-21(18)25-23(28)16-27(20-12-4-3-5-13-20)17-24(29)26-22-15-9-7-11-19(22)2/h6-11,14-15,20H,3-5,12-13,16-17H2,1-2H3,(H,25,28)(H,26,29). The lowest BCUT2D eigenvalue weighted by atomic mass is 9.94. The summed E-state index contributed by atoms with van der Waals surface area (Å²) in [4.78, 5) is 27.5. The molecule has 0 atom stereocenters. The molecule has 0 heterocycles. The molecule has 154 valence electrons. The molecule has 3 rings (SSSR count). The van der Waals surface area contributed by atoms with Crippen LogP contribution >= 0.6 is 0 Å². The number of nitrogens with zero attached hydrogens (tertiary/aromatic N) is 1. The first-order valence-electron chi connectivity index (χ1n) is 10.5. The Morgan fingerprint density at radius 1 is 0.793 bits per heavy atom. The van der Waals surface area contributed by atoms with Crippen LogP contribution < -0.4 is 10.6 Å². The highest BCUT2D eigenvalue weighted by Gasteiger charge is 2.25. The molecule has 5 nitrogen and oxygen atoms in total. The van der Waals surface area contributed by atoms with Crippen LogP contribution in [0.15, 0.2) is 48.5 Å². The molecular weight excluding hydrogens is 362 g/mol. The van der Waals surface area contributed by atoms with Gasteiger partial charge in [-0.15, -0.1) is 0 Å². The van der Waals surface area contributed by atoms with E-state index in [1.54, 1.807) is 0 Å². The van der Waals surface area contributed by atoms with E-state index in [-0.39, 0.29) is 30.9 Å². The van der Waals surface area contributed by atoms with Gasteiger partial charge < -0.3 is 10.6 Å². The molecule has 1 aliphatic rings. The third-order valence-electron chi connectivity index (χ3n) is 5.62. The van der Waals surface area contributed by atoms with E-state index < -0.39 is 0 Å². The van der Waals surface area contributed by atoms with Crippen LogP contribution in [0.3, 0.4) is 0 Å². The van der Waals surface area contributed by atoms with Gasteiger partial charge in [-0.3, -0.25) is 14.5 Å². The summed E-state index contributed by atoms with van der Waals surface area (Å²) in [6.07, 6.45) is 5.61. The normalized spacial score (nSPS) is 14.6. The molecule has 0 unspecified atom stereocenters. The lowest BCUT2D eigenvalue weighted by Crippen LogP contribution is -2.45. The molecule has 1 saturated carbocycles. The van der Waals surface area contributed by atoms with Gasteiger partial charge in [0.2, 0.25) is 11.8 Å². The first kappa shape index (κ1) is 21.1. The average Bonchev–Trinajstić information content (AvgIpc) is 2.71. The fourth-order valence-electron chi connectivity index (χ4n) is 3.93. The Balaban J connectivity index is 1.65. The maximum Gasteiger partial charge on any atom is 0.238 e. The second-order valence-electron chi connectivity index (χ2n) is 7.92. The SMILES string of the molecule is Cc1ccccc1NC(=O)CN(CC(=O)Nc1ccccc1C)C1CCCCC1. The Hall–Kier alpha value is -2.66. The van der Waals surface area contributed by atoms with Gasteiger partial charge in [-0.2, -0.15) is 0 Å². The van der Waals surface area contributed by atoms with Crippen molar-refractivity contribution in [3.05, 3.63) is 59.7 Å². The molecule has 2 aromatic rings. The van der Waals surface area contributed by atoms with Crippen molar-refractivity contribution in [1.29, 1.82) is 0 Å². The van der Waals surface area contributed by atoms with E-state index in [4.69, 9.17) is 0 Å². The van der Waals surface area contributed by atoms with Crippen molar-refractivity contribution >= 4 is 23.2 Å². The number of nitrogens with one attached hydrogen (secondary N) is 2. The maximum absolute atomic E-state index is 12.7. The van der Waals surface area contributed by atoms with Crippen LogP contribution in [0.5, 0.6) is 0 Å². The Morgan fingerprint density at radius 2 is 1.24 bits per heavy atom. The van der Waals surface area contributed by atoms with E-state index in [1.807, 2.05) is 67.3 Å². The second kappa shape index (κ2) is 10.2. The van der Waals surface area contributed by atoms with Gasteiger partial charge in [0.15, 0.2) is 0 Å². The number of benzene rings is 2. The number of para-hydroxylation sites is 2. The summed E-state index contributed by atoms with van der Waals surface area (Å²) in [5, 5.41) is 6.00. The van der Waals surface area contributed by atoms with Gasteiger partial charge in [-0.25, -0.2) is 0 Å². The molecule has 1 fully saturated rings. The zero-order valence-corrected chi connectivity index (χ0v) is 17.4. The number of hydrogen-bond acceptors (Lipinski definition) is 3. The summed E-state index contributed by atoms with van der Waals surface area (Å²) >= 11 is 0. The highest BCUT2D eigenvalue weighted by atomic mass is 16.2. The van der Waals surface area contributed by atoms with Gasteiger partial charge in [0.1, 0.15) is 0 Å². The second-order valence-corrected chi connectivity index (χ2v) is 7.92. The molecule has 5 heteroatoms. The zero-order valence-electron chi connectivity index (χ0n) is 17.4. The summed E-state index contributed by atoms with van der Waals surface area (Å²) in [5.74, 6) is -0.151. The monoisotopic (exact) mass is 393 g/mol. The summed E-state index contributed by atoms with van der Waals surface area (Å²) in [7, 11) is 0. The zero-order chi connectivity index (χ0) is 20.6. The minimum Gasteiger partial charge on any atom is -0.325 e. The molecule has 0 radical (unpaired) electrons. The summed E-state index contributed by atoms with van der Waals surface area (Å²) in [6.45, 7) is 4.40. The Kier molecular flexibility index (Phi) is 7.42. The molecular formula is C24H31N3O2. The lowest BCUT2D eigenvalue weighted by Gasteiger charge is -2.33. The molecule has 29 heavy (non-hydrogen) atoms. The molecule has 0 aromatic heterocycles. The van der Waals surface area contributed by atoms with Crippen LogP contribution in [0.4, 0.5) is 11.4 Å². The molecule has 0 aliphatic heterocycles. The number of amides is 2. The van der Waals surface area contributed by atoms with Gasteiger partial charge in [-0.05, 0) is 49.9 Å². The predicted octanol–water partition coefficient (Wildman–Crippen LogP) is 4.52.